The minimum atomic E-state index is -4.46. The van der Waals surface area contributed by atoms with Gasteiger partial charge in [0.1, 0.15) is 22.3 Å². The Kier molecular flexibility index (Phi) is 7.86. The van der Waals surface area contributed by atoms with Crippen molar-refractivity contribution in [2.24, 2.45) is 5.73 Å². The first-order valence-electron chi connectivity index (χ1n) is 9.91. The SMILES string of the molecule is CC(C)(ON1ON(c2ccc(F)c(Br)c2)C(C(=N)N)=C1NCCNS(=O)(=O)O)c1ccc([N+](=O)[O-])o1. The molecule has 0 bridgehead atoms. The molecule has 0 unspecified atom stereocenters. The van der Waals surface area contributed by atoms with Gasteiger partial charge in [-0.15, -0.1) is 4.94 Å². The van der Waals surface area contributed by atoms with Crippen molar-refractivity contribution in [1.82, 2.24) is 15.3 Å². The number of hydrogen-bond acceptors (Lipinski definition) is 11. The number of amidine groups is 1. The van der Waals surface area contributed by atoms with E-state index >= 15 is 0 Å². The van der Waals surface area contributed by atoms with Gasteiger partial charge in [-0.1, -0.05) is 5.23 Å². The summed E-state index contributed by atoms with van der Waals surface area (Å²) < 4.78 is 51.7. The van der Waals surface area contributed by atoms with Crippen LogP contribution in [0.25, 0.3) is 0 Å². The fourth-order valence-corrected chi connectivity index (χ4v) is 3.66. The standard InChI is InChI=1S/C18H21BrFN7O8S/c1-18(2,13-5-6-14(33-13)26(28)29)34-27-17(23-7-8-24-36(30,31)32)15(16(21)22)25(35-27)10-3-4-12(20)11(19)9-10/h3-6,9,23-24H,7-8H2,1-2H3,(H3,21,22)(H,30,31,32). The average Bonchev–Trinajstić information content (AvgIpc) is 3.38. The molecule has 15 nitrogen and oxygen atoms in total. The van der Waals surface area contributed by atoms with E-state index in [9.17, 15) is 22.9 Å². The zero-order chi connectivity index (χ0) is 26.8. The molecule has 18 heteroatoms. The molecule has 0 spiro atoms. The van der Waals surface area contributed by atoms with Gasteiger partial charge in [0, 0.05) is 13.1 Å². The topological polar surface area (TPSA) is 210 Å². The van der Waals surface area contributed by atoms with Crippen LogP contribution in [-0.4, -0.2) is 42.0 Å². The predicted molar refractivity (Wildman–Crippen MR) is 125 cm³/mol. The third kappa shape index (κ3) is 6.28. The number of nitrogens with two attached hydrogens (primary N) is 1. The van der Waals surface area contributed by atoms with E-state index in [4.69, 9.17) is 29.9 Å². The molecule has 1 aromatic carbocycles. The summed E-state index contributed by atoms with van der Waals surface area (Å²) in [5.74, 6) is -1.61. The number of halogens is 2. The smallest absolute Gasteiger partial charge is 0.403 e. The average molecular weight is 594 g/mol. The molecular formula is C18H21BrFN7O8S. The number of nitrogens with one attached hydrogen (secondary N) is 3. The maximum absolute atomic E-state index is 13.8. The van der Waals surface area contributed by atoms with Gasteiger partial charge in [0.05, 0.1) is 16.2 Å². The van der Waals surface area contributed by atoms with Crippen LogP contribution < -0.4 is 20.8 Å². The molecule has 0 radical (unpaired) electrons. The van der Waals surface area contributed by atoms with Crippen LogP contribution in [0.4, 0.5) is 16.0 Å². The summed E-state index contributed by atoms with van der Waals surface area (Å²) in [5.41, 5.74) is 4.53. The second-order valence-electron chi connectivity index (χ2n) is 7.64. The number of nitro groups is 1. The highest BCUT2D eigenvalue weighted by molar-refractivity contribution is 9.10. The van der Waals surface area contributed by atoms with Crippen LogP contribution in [0.5, 0.6) is 0 Å². The van der Waals surface area contributed by atoms with Gasteiger partial charge >= 0.3 is 16.2 Å². The van der Waals surface area contributed by atoms with E-state index in [2.05, 4.69) is 21.2 Å². The van der Waals surface area contributed by atoms with Crippen LogP contribution >= 0.6 is 15.9 Å². The van der Waals surface area contributed by atoms with Gasteiger partial charge in [-0.3, -0.25) is 20.1 Å². The van der Waals surface area contributed by atoms with Crippen molar-refractivity contribution in [3.63, 3.8) is 0 Å². The Morgan fingerprint density at radius 3 is 2.61 bits per heavy atom. The zero-order valence-electron chi connectivity index (χ0n) is 18.7. The summed E-state index contributed by atoms with van der Waals surface area (Å²) in [4.78, 5) is 21.9. The molecule has 3 rings (SSSR count). The second kappa shape index (κ2) is 10.4. The van der Waals surface area contributed by atoms with E-state index in [0.717, 1.165) is 22.4 Å². The number of furan rings is 1. The van der Waals surface area contributed by atoms with E-state index < -0.39 is 38.4 Å². The van der Waals surface area contributed by atoms with Crippen molar-refractivity contribution in [1.29, 1.82) is 5.41 Å². The van der Waals surface area contributed by atoms with Crippen molar-refractivity contribution in [2.75, 3.05) is 18.2 Å². The number of nitrogens with zero attached hydrogens (tertiary/aromatic N) is 3. The van der Waals surface area contributed by atoms with E-state index in [1.54, 1.807) is 0 Å². The fraction of sp³-hybridized carbons (Fsp3) is 0.278. The molecule has 0 aliphatic carbocycles. The largest absolute Gasteiger partial charge is 0.433 e. The van der Waals surface area contributed by atoms with Crippen LogP contribution in [0.2, 0.25) is 0 Å². The maximum atomic E-state index is 13.8. The van der Waals surface area contributed by atoms with Gasteiger partial charge < -0.3 is 15.5 Å². The van der Waals surface area contributed by atoms with Crippen LogP contribution in [0.1, 0.15) is 19.6 Å². The van der Waals surface area contributed by atoms with Crippen LogP contribution in [0.3, 0.4) is 0 Å². The fourth-order valence-electron chi connectivity index (χ4n) is 2.94. The monoisotopic (exact) mass is 593 g/mol. The van der Waals surface area contributed by atoms with Crippen molar-refractivity contribution in [3.05, 3.63) is 68.0 Å². The van der Waals surface area contributed by atoms with Crippen LogP contribution in [0, 0.1) is 21.3 Å². The maximum Gasteiger partial charge on any atom is 0.433 e. The molecule has 36 heavy (non-hydrogen) atoms. The molecule has 2 aromatic rings. The number of benzene rings is 1. The summed E-state index contributed by atoms with van der Waals surface area (Å²) in [6.45, 7) is 2.61. The zero-order valence-corrected chi connectivity index (χ0v) is 21.1. The van der Waals surface area contributed by atoms with Gasteiger partial charge in [-0.2, -0.15) is 18.2 Å². The Morgan fingerprint density at radius 2 is 2.06 bits per heavy atom. The first kappa shape index (κ1) is 27.3. The van der Waals surface area contributed by atoms with Gasteiger partial charge in [0.25, 0.3) is 0 Å². The molecule has 1 aliphatic rings. The molecule has 0 atom stereocenters. The van der Waals surface area contributed by atoms with Crippen molar-refractivity contribution < 1.29 is 36.5 Å². The highest BCUT2D eigenvalue weighted by atomic mass is 79.9. The summed E-state index contributed by atoms with van der Waals surface area (Å²) >= 11 is 3.07. The summed E-state index contributed by atoms with van der Waals surface area (Å²) in [6, 6.07) is 6.30. The van der Waals surface area contributed by atoms with Crippen LogP contribution in [-0.2, 0) is 25.7 Å². The molecule has 1 aliphatic heterocycles. The highest BCUT2D eigenvalue weighted by Gasteiger charge is 2.40. The third-order valence-electron chi connectivity index (χ3n) is 4.54. The van der Waals surface area contributed by atoms with Crippen molar-refractivity contribution in [2.45, 2.75) is 19.4 Å². The molecule has 196 valence electrons. The van der Waals surface area contributed by atoms with Gasteiger partial charge in [-0.05, 0) is 54.0 Å². The molecule has 0 fully saturated rings. The number of hydrogen-bond donors (Lipinski definition) is 5. The molecule has 0 amide bonds. The molecule has 0 saturated carbocycles. The lowest BCUT2D eigenvalue weighted by molar-refractivity contribution is -0.405. The Balaban J connectivity index is 1.97. The Morgan fingerprint density at radius 1 is 1.36 bits per heavy atom. The van der Waals surface area contributed by atoms with E-state index in [1.807, 2.05) is 4.72 Å². The quantitative estimate of drug-likeness (QED) is 0.0632. The minimum absolute atomic E-state index is 0.0533. The third-order valence-corrected chi connectivity index (χ3v) is 5.71. The normalized spacial score (nSPS) is 14.5. The van der Waals surface area contributed by atoms with Gasteiger partial charge in [0.15, 0.2) is 17.1 Å². The second-order valence-corrected chi connectivity index (χ2v) is 9.73. The Hall–Kier alpha value is -3.29. The predicted octanol–water partition coefficient (Wildman–Crippen LogP) is 2.01. The van der Waals surface area contributed by atoms with Gasteiger partial charge in [-0.25, -0.2) is 9.23 Å². The van der Waals surface area contributed by atoms with E-state index in [1.165, 1.54) is 32.0 Å². The van der Waals surface area contributed by atoms with Crippen molar-refractivity contribution >= 4 is 43.6 Å². The van der Waals surface area contributed by atoms with Crippen LogP contribution in [0.15, 0.2) is 50.7 Å². The number of anilines is 1. The lowest BCUT2D eigenvalue weighted by Crippen LogP contribution is -2.39. The summed E-state index contributed by atoms with van der Waals surface area (Å²) in [6.07, 6.45) is 0. The lowest BCUT2D eigenvalue weighted by Gasteiger charge is -2.29. The molecule has 6 N–H and O–H groups in total. The lowest BCUT2D eigenvalue weighted by atomic mass is 10.1. The molecule has 0 saturated heterocycles. The molecule has 2 heterocycles. The number of rotatable bonds is 11. The minimum Gasteiger partial charge on any atom is -0.403 e. The number of hydroxylamine groups is 3. The highest BCUT2D eigenvalue weighted by Crippen LogP contribution is 2.37. The Labute approximate surface area is 212 Å². The summed E-state index contributed by atoms with van der Waals surface area (Å²) in [5, 5.41) is 23.7. The molecular weight excluding hydrogens is 573 g/mol. The first-order valence-corrected chi connectivity index (χ1v) is 12.1. The first-order chi connectivity index (χ1) is 16.7. The summed E-state index contributed by atoms with van der Waals surface area (Å²) in [7, 11) is -4.46. The van der Waals surface area contributed by atoms with E-state index in [-0.39, 0.29) is 40.5 Å². The Bertz CT molecular complexity index is 1320. The van der Waals surface area contributed by atoms with Gasteiger partial charge in [0.2, 0.25) is 0 Å². The van der Waals surface area contributed by atoms with E-state index in [0.29, 0.717) is 0 Å². The van der Waals surface area contributed by atoms with Crippen molar-refractivity contribution in [3.8, 4) is 0 Å². The molecule has 1 aromatic heterocycles.